The number of phenolic OH excluding ortho intramolecular Hbond substituents is 1. The molecule has 0 aromatic heterocycles. The third-order valence-electron chi connectivity index (χ3n) is 3.64. The number of nitrogens with one attached hydrogen (secondary N) is 1. The SMILES string of the molecule is CNC(=O)C1CCN(Cc2cc(Br)ccc2O)CC1. The highest BCUT2D eigenvalue weighted by Crippen LogP contribution is 2.25. The number of amides is 1. The highest BCUT2D eigenvalue weighted by atomic mass is 79.9. The third-order valence-corrected chi connectivity index (χ3v) is 4.13. The summed E-state index contributed by atoms with van der Waals surface area (Å²) in [7, 11) is 1.69. The second kappa shape index (κ2) is 6.39. The molecular formula is C14H19BrN2O2. The second-order valence-electron chi connectivity index (χ2n) is 4.94. The Morgan fingerprint density at radius 1 is 1.47 bits per heavy atom. The summed E-state index contributed by atoms with van der Waals surface area (Å²) < 4.78 is 0.973. The monoisotopic (exact) mass is 326 g/mol. The Morgan fingerprint density at radius 3 is 2.79 bits per heavy atom. The summed E-state index contributed by atoms with van der Waals surface area (Å²) in [5.74, 6) is 0.610. The quantitative estimate of drug-likeness (QED) is 0.894. The minimum Gasteiger partial charge on any atom is -0.508 e. The number of carbonyl (C=O) groups excluding carboxylic acids is 1. The molecule has 0 radical (unpaired) electrons. The molecule has 0 spiro atoms. The van der Waals surface area contributed by atoms with Crippen molar-refractivity contribution in [2.75, 3.05) is 20.1 Å². The van der Waals surface area contributed by atoms with E-state index in [1.165, 1.54) is 0 Å². The summed E-state index contributed by atoms with van der Waals surface area (Å²) in [4.78, 5) is 13.8. The van der Waals surface area contributed by atoms with Crippen molar-refractivity contribution < 1.29 is 9.90 Å². The van der Waals surface area contributed by atoms with Crippen LogP contribution in [0, 0.1) is 5.92 Å². The number of hydrogen-bond donors (Lipinski definition) is 2. The zero-order valence-corrected chi connectivity index (χ0v) is 12.6. The Morgan fingerprint density at radius 2 is 2.16 bits per heavy atom. The van der Waals surface area contributed by atoms with E-state index in [4.69, 9.17) is 0 Å². The molecular weight excluding hydrogens is 308 g/mol. The number of phenols is 1. The van der Waals surface area contributed by atoms with Crippen LogP contribution in [0.25, 0.3) is 0 Å². The van der Waals surface area contributed by atoms with Crippen LogP contribution in [-0.4, -0.2) is 36.1 Å². The van der Waals surface area contributed by atoms with Gasteiger partial charge in [-0.15, -0.1) is 0 Å². The van der Waals surface area contributed by atoms with Crippen molar-refractivity contribution in [3.05, 3.63) is 28.2 Å². The van der Waals surface area contributed by atoms with E-state index >= 15 is 0 Å². The molecule has 1 fully saturated rings. The number of piperidine rings is 1. The molecule has 0 bridgehead atoms. The zero-order valence-electron chi connectivity index (χ0n) is 11.0. The fourth-order valence-corrected chi connectivity index (χ4v) is 2.89. The van der Waals surface area contributed by atoms with Gasteiger partial charge in [-0.3, -0.25) is 9.69 Å². The molecule has 1 aromatic rings. The predicted molar refractivity (Wildman–Crippen MR) is 77.9 cm³/mol. The number of nitrogens with zero attached hydrogens (tertiary/aromatic N) is 1. The van der Waals surface area contributed by atoms with Crippen LogP contribution in [0.2, 0.25) is 0 Å². The molecule has 1 aliphatic heterocycles. The predicted octanol–water partition coefficient (Wildman–Crippen LogP) is 2.11. The van der Waals surface area contributed by atoms with Crippen LogP contribution in [0.1, 0.15) is 18.4 Å². The maximum atomic E-state index is 11.6. The molecule has 0 unspecified atom stereocenters. The Balaban J connectivity index is 1.92. The van der Waals surface area contributed by atoms with E-state index in [0.717, 1.165) is 42.5 Å². The molecule has 1 aliphatic rings. The molecule has 2 N–H and O–H groups in total. The fraction of sp³-hybridized carbons (Fsp3) is 0.500. The van der Waals surface area contributed by atoms with Gasteiger partial charge in [0.05, 0.1) is 0 Å². The van der Waals surface area contributed by atoms with E-state index in [1.807, 2.05) is 12.1 Å². The summed E-state index contributed by atoms with van der Waals surface area (Å²) in [6, 6.07) is 5.48. The minimum atomic E-state index is 0.136. The maximum Gasteiger partial charge on any atom is 0.222 e. The number of hydrogen-bond acceptors (Lipinski definition) is 3. The first kappa shape index (κ1) is 14.3. The van der Waals surface area contributed by atoms with Gasteiger partial charge in [-0.1, -0.05) is 15.9 Å². The lowest BCUT2D eigenvalue weighted by Crippen LogP contribution is -2.39. The first-order chi connectivity index (χ1) is 9.10. The van der Waals surface area contributed by atoms with E-state index in [-0.39, 0.29) is 11.8 Å². The maximum absolute atomic E-state index is 11.6. The van der Waals surface area contributed by atoms with Crippen molar-refractivity contribution in [2.45, 2.75) is 19.4 Å². The van der Waals surface area contributed by atoms with Gasteiger partial charge in [0.2, 0.25) is 5.91 Å². The van der Waals surface area contributed by atoms with Gasteiger partial charge >= 0.3 is 0 Å². The molecule has 5 heteroatoms. The van der Waals surface area contributed by atoms with Crippen molar-refractivity contribution in [1.82, 2.24) is 10.2 Å². The largest absolute Gasteiger partial charge is 0.508 e. The number of likely N-dealkylation sites (tertiary alicyclic amines) is 1. The van der Waals surface area contributed by atoms with Crippen molar-refractivity contribution in [1.29, 1.82) is 0 Å². The lowest BCUT2D eigenvalue weighted by atomic mass is 9.95. The van der Waals surface area contributed by atoms with E-state index in [0.29, 0.717) is 5.75 Å². The summed E-state index contributed by atoms with van der Waals surface area (Å²) in [6.07, 6.45) is 1.77. The molecule has 0 atom stereocenters. The van der Waals surface area contributed by atoms with E-state index in [9.17, 15) is 9.90 Å². The van der Waals surface area contributed by atoms with Crippen LogP contribution in [0.5, 0.6) is 5.75 Å². The van der Waals surface area contributed by atoms with E-state index in [1.54, 1.807) is 13.1 Å². The van der Waals surface area contributed by atoms with Gasteiger partial charge in [-0.25, -0.2) is 0 Å². The van der Waals surface area contributed by atoms with E-state index < -0.39 is 0 Å². The van der Waals surface area contributed by atoms with Crippen molar-refractivity contribution in [3.8, 4) is 5.75 Å². The van der Waals surface area contributed by atoms with Gasteiger partial charge in [0.25, 0.3) is 0 Å². The molecule has 104 valence electrons. The van der Waals surface area contributed by atoms with Crippen LogP contribution in [-0.2, 0) is 11.3 Å². The van der Waals surface area contributed by atoms with Gasteiger partial charge in [0, 0.05) is 29.5 Å². The average Bonchev–Trinajstić information content (AvgIpc) is 2.43. The first-order valence-electron chi connectivity index (χ1n) is 6.51. The van der Waals surface area contributed by atoms with Gasteiger partial charge in [0.15, 0.2) is 0 Å². The lowest BCUT2D eigenvalue weighted by Gasteiger charge is -2.31. The number of aromatic hydroxyl groups is 1. The first-order valence-corrected chi connectivity index (χ1v) is 7.31. The molecule has 0 saturated carbocycles. The number of carbonyl (C=O) groups is 1. The molecule has 4 nitrogen and oxygen atoms in total. The molecule has 1 heterocycles. The number of halogens is 1. The van der Waals surface area contributed by atoms with Crippen molar-refractivity contribution in [2.24, 2.45) is 5.92 Å². The standard InChI is InChI=1S/C14H19BrN2O2/c1-16-14(19)10-4-6-17(7-5-10)9-11-8-12(15)2-3-13(11)18/h2-3,8,10,18H,4-7,9H2,1H3,(H,16,19). The van der Waals surface area contributed by atoms with Crippen LogP contribution < -0.4 is 5.32 Å². The minimum absolute atomic E-state index is 0.136. The second-order valence-corrected chi connectivity index (χ2v) is 5.85. The summed E-state index contributed by atoms with van der Waals surface area (Å²) >= 11 is 3.42. The smallest absolute Gasteiger partial charge is 0.222 e. The van der Waals surface area contributed by atoms with E-state index in [2.05, 4.69) is 26.1 Å². The van der Waals surface area contributed by atoms with Crippen molar-refractivity contribution in [3.63, 3.8) is 0 Å². The van der Waals surface area contributed by atoms with Crippen LogP contribution >= 0.6 is 15.9 Å². The summed E-state index contributed by atoms with van der Waals surface area (Å²) in [6.45, 7) is 2.51. The van der Waals surface area contributed by atoms with Gasteiger partial charge in [-0.2, -0.15) is 0 Å². The van der Waals surface area contributed by atoms with Crippen molar-refractivity contribution >= 4 is 21.8 Å². The number of rotatable bonds is 3. The Hall–Kier alpha value is -1.07. The molecule has 2 rings (SSSR count). The Bertz CT molecular complexity index is 457. The van der Waals surface area contributed by atoms with Crippen LogP contribution in [0.3, 0.4) is 0 Å². The fourth-order valence-electron chi connectivity index (χ4n) is 2.48. The van der Waals surface area contributed by atoms with Crippen LogP contribution in [0.4, 0.5) is 0 Å². The molecule has 19 heavy (non-hydrogen) atoms. The highest BCUT2D eigenvalue weighted by Gasteiger charge is 2.24. The highest BCUT2D eigenvalue weighted by molar-refractivity contribution is 9.10. The van der Waals surface area contributed by atoms with Crippen LogP contribution in [0.15, 0.2) is 22.7 Å². The summed E-state index contributed by atoms with van der Waals surface area (Å²) in [5, 5.41) is 12.5. The lowest BCUT2D eigenvalue weighted by molar-refractivity contribution is -0.125. The molecule has 1 saturated heterocycles. The average molecular weight is 327 g/mol. The topological polar surface area (TPSA) is 52.6 Å². The zero-order chi connectivity index (χ0) is 13.8. The van der Waals surface area contributed by atoms with Gasteiger partial charge in [-0.05, 0) is 44.1 Å². The third kappa shape index (κ3) is 3.70. The number of benzene rings is 1. The van der Waals surface area contributed by atoms with Gasteiger partial charge in [0.1, 0.15) is 5.75 Å². The van der Waals surface area contributed by atoms with Gasteiger partial charge < -0.3 is 10.4 Å². The Kier molecular flexibility index (Phi) is 4.82. The Labute approximate surface area is 121 Å². The molecule has 1 amide bonds. The molecule has 1 aromatic carbocycles. The normalized spacial score (nSPS) is 17.4. The summed E-state index contributed by atoms with van der Waals surface area (Å²) in [5.41, 5.74) is 0.924. The molecule has 0 aliphatic carbocycles.